The fourth-order valence-electron chi connectivity index (χ4n) is 2.40. The van der Waals surface area contributed by atoms with Gasteiger partial charge in [0.15, 0.2) is 5.65 Å². The van der Waals surface area contributed by atoms with Crippen LogP contribution in [-0.2, 0) is 6.42 Å². The third-order valence-electron chi connectivity index (χ3n) is 3.48. The molecule has 0 saturated heterocycles. The van der Waals surface area contributed by atoms with Gasteiger partial charge >= 0.3 is 0 Å². The first kappa shape index (κ1) is 13.9. The highest BCUT2D eigenvalue weighted by Crippen LogP contribution is 2.24. The van der Waals surface area contributed by atoms with Crippen molar-refractivity contribution in [3.8, 4) is 11.1 Å². The molecule has 0 bridgehead atoms. The van der Waals surface area contributed by atoms with Gasteiger partial charge in [0.25, 0.3) is 5.56 Å². The van der Waals surface area contributed by atoms with Gasteiger partial charge in [-0.05, 0) is 24.6 Å². The minimum atomic E-state index is -0.174. The molecular formula is C15H14ClN3O2. The van der Waals surface area contributed by atoms with E-state index in [1.165, 1.54) is 4.52 Å². The highest BCUT2D eigenvalue weighted by molar-refractivity contribution is 6.30. The summed E-state index contributed by atoms with van der Waals surface area (Å²) in [5.74, 6) is 0. The molecule has 0 amide bonds. The zero-order valence-corrected chi connectivity index (χ0v) is 12.2. The molecule has 3 aromatic rings. The lowest BCUT2D eigenvalue weighted by Crippen LogP contribution is -2.22. The number of aliphatic hydroxyl groups excluding tert-OH is 1. The number of H-pyrrole nitrogens is 1. The smallest absolute Gasteiger partial charge is 0.276 e. The number of fused-ring (bicyclic) bond motifs is 1. The van der Waals surface area contributed by atoms with Crippen LogP contribution in [0, 0.1) is 6.92 Å². The molecule has 0 aliphatic heterocycles. The van der Waals surface area contributed by atoms with E-state index in [-0.39, 0.29) is 12.2 Å². The topological polar surface area (TPSA) is 70.4 Å². The van der Waals surface area contributed by atoms with E-state index in [1.807, 2.05) is 12.1 Å². The Labute approximate surface area is 125 Å². The average Bonchev–Trinajstić information content (AvgIpc) is 2.88. The number of aliphatic hydroxyl groups is 1. The van der Waals surface area contributed by atoms with E-state index in [2.05, 4.69) is 10.1 Å². The van der Waals surface area contributed by atoms with Crippen LogP contribution < -0.4 is 5.56 Å². The van der Waals surface area contributed by atoms with Crippen molar-refractivity contribution >= 4 is 17.2 Å². The third-order valence-corrected chi connectivity index (χ3v) is 3.73. The number of halogens is 1. The van der Waals surface area contributed by atoms with Crippen LogP contribution in [0.1, 0.15) is 11.3 Å². The number of nitrogens with one attached hydrogen (secondary N) is 1. The molecule has 0 radical (unpaired) electrons. The second-order valence-electron chi connectivity index (χ2n) is 4.81. The summed E-state index contributed by atoms with van der Waals surface area (Å²) in [6.45, 7) is 1.71. The van der Waals surface area contributed by atoms with Crippen molar-refractivity contribution in [1.29, 1.82) is 0 Å². The zero-order valence-electron chi connectivity index (χ0n) is 11.4. The normalized spacial score (nSPS) is 11.2. The quantitative estimate of drug-likeness (QED) is 0.779. The minimum Gasteiger partial charge on any atom is -0.396 e. The largest absolute Gasteiger partial charge is 0.396 e. The van der Waals surface area contributed by atoms with E-state index in [9.17, 15) is 4.79 Å². The molecule has 2 N–H and O–H groups in total. The predicted octanol–water partition coefficient (Wildman–Crippen LogP) is 2.19. The van der Waals surface area contributed by atoms with E-state index in [0.717, 1.165) is 11.1 Å². The van der Waals surface area contributed by atoms with Gasteiger partial charge < -0.3 is 5.11 Å². The predicted molar refractivity (Wildman–Crippen MR) is 81.8 cm³/mol. The van der Waals surface area contributed by atoms with Crippen molar-refractivity contribution in [3.05, 3.63) is 57.1 Å². The molecule has 3 rings (SSSR count). The Morgan fingerprint density at radius 2 is 2.05 bits per heavy atom. The standard InChI is InChI=1S/C15H14ClN3O2/c1-9-12(6-7-20)15(21)19-14(18-9)13(8-17-19)10-2-4-11(16)5-3-10/h2-5,8,17,20H,6-7H2,1H3. The number of hydrogen-bond donors (Lipinski definition) is 2. The van der Waals surface area contributed by atoms with E-state index in [0.29, 0.717) is 28.3 Å². The summed E-state index contributed by atoms with van der Waals surface area (Å²) in [6, 6.07) is 7.36. The number of hydrogen-bond acceptors (Lipinski definition) is 3. The van der Waals surface area contributed by atoms with E-state index < -0.39 is 0 Å². The summed E-state index contributed by atoms with van der Waals surface area (Å²) in [5.41, 5.74) is 3.33. The first-order valence-electron chi connectivity index (χ1n) is 6.58. The van der Waals surface area contributed by atoms with E-state index >= 15 is 0 Å². The van der Waals surface area contributed by atoms with Gasteiger partial charge in [0.1, 0.15) is 0 Å². The van der Waals surface area contributed by atoms with Crippen LogP contribution in [0.25, 0.3) is 16.8 Å². The van der Waals surface area contributed by atoms with Crippen molar-refractivity contribution in [2.45, 2.75) is 13.3 Å². The molecular weight excluding hydrogens is 290 g/mol. The van der Waals surface area contributed by atoms with E-state index in [1.54, 1.807) is 25.3 Å². The first-order valence-corrected chi connectivity index (χ1v) is 6.96. The van der Waals surface area contributed by atoms with Gasteiger partial charge in [0, 0.05) is 41.1 Å². The van der Waals surface area contributed by atoms with Crippen LogP contribution in [0.3, 0.4) is 0 Å². The third kappa shape index (κ3) is 2.34. The van der Waals surface area contributed by atoms with Crippen molar-refractivity contribution in [2.24, 2.45) is 0 Å². The molecule has 0 atom stereocenters. The number of aromatic nitrogens is 3. The number of aromatic amines is 1. The van der Waals surface area contributed by atoms with Crippen LogP contribution in [-0.4, -0.2) is 26.3 Å². The molecule has 2 heterocycles. The highest BCUT2D eigenvalue weighted by Gasteiger charge is 2.14. The molecule has 0 aliphatic rings. The molecule has 21 heavy (non-hydrogen) atoms. The van der Waals surface area contributed by atoms with Crippen LogP contribution >= 0.6 is 11.6 Å². The number of rotatable bonds is 3. The molecule has 0 fully saturated rings. The molecule has 1 aromatic carbocycles. The lowest BCUT2D eigenvalue weighted by Gasteiger charge is -2.05. The Bertz CT molecular complexity index is 850. The van der Waals surface area contributed by atoms with Crippen molar-refractivity contribution < 1.29 is 5.11 Å². The summed E-state index contributed by atoms with van der Waals surface area (Å²) in [5, 5.41) is 12.6. The lowest BCUT2D eigenvalue weighted by molar-refractivity contribution is 0.298. The summed E-state index contributed by atoms with van der Waals surface area (Å²) in [6.07, 6.45) is 2.05. The monoisotopic (exact) mass is 303 g/mol. The zero-order chi connectivity index (χ0) is 15.0. The minimum absolute atomic E-state index is 0.0748. The SMILES string of the molecule is Cc1nc2c(-c3ccc(Cl)cc3)c[nH]n2c(=O)c1CCO. The van der Waals surface area contributed by atoms with Crippen LogP contribution in [0.15, 0.2) is 35.3 Å². The maximum absolute atomic E-state index is 12.4. The number of benzene rings is 1. The molecule has 2 aromatic heterocycles. The summed E-state index contributed by atoms with van der Waals surface area (Å²) < 4.78 is 1.40. The van der Waals surface area contributed by atoms with Gasteiger partial charge in [0.05, 0.1) is 0 Å². The maximum atomic E-state index is 12.4. The summed E-state index contributed by atoms with van der Waals surface area (Å²) >= 11 is 5.89. The maximum Gasteiger partial charge on any atom is 0.276 e. The fraction of sp³-hybridized carbons (Fsp3) is 0.200. The Morgan fingerprint density at radius 3 is 2.71 bits per heavy atom. The van der Waals surface area contributed by atoms with Crippen molar-refractivity contribution in [1.82, 2.24) is 14.6 Å². The van der Waals surface area contributed by atoms with Crippen LogP contribution in [0.5, 0.6) is 0 Å². The van der Waals surface area contributed by atoms with Crippen LogP contribution in [0.4, 0.5) is 0 Å². The van der Waals surface area contributed by atoms with Gasteiger partial charge in [-0.25, -0.2) is 9.50 Å². The Balaban J connectivity index is 2.23. The van der Waals surface area contributed by atoms with Gasteiger partial charge in [-0.15, -0.1) is 0 Å². The number of nitrogens with zero attached hydrogens (tertiary/aromatic N) is 2. The Morgan fingerprint density at radius 1 is 1.33 bits per heavy atom. The average molecular weight is 304 g/mol. The Kier molecular flexibility index (Phi) is 3.53. The molecule has 6 heteroatoms. The molecule has 0 unspecified atom stereocenters. The van der Waals surface area contributed by atoms with Crippen molar-refractivity contribution in [2.75, 3.05) is 6.61 Å². The summed E-state index contributed by atoms with van der Waals surface area (Å²) in [7, 11) is 0. The first-order chi connectivity index (χ1) is 10.1. The Hall–Kier alpha value is -2.11. The number of aryl methyl sites for hydroxylation is 1. The van der Waals surface area contributed by atoms with Gasteiger partial charge in [-0.3, -0.25) is 9.89 Å². The molecule has 108 valence electrons. The summed E-state index contributed by atoms with van der Waals surface area (Å²) in [4.78, 5) is 16.9. The van der Waals surface area contributed by atoms with Gasteiger partial charge in [-0.2, -0.15) is 0 Å². The lowest BCUT2D eigenvalue weighted by atomic mass is 10.1. The molecule has 0 saturated carbocycles. The second-order valence-corrected chi connectivity index (χ2v) is 5.24. The highest BCUT2D eigenvalue weighted by atomic mass is 35.5. The fourth-order valence-corrected chi connectivity index (χ4v) is 2.52. The van der Waals surface area contributed by atoms with Crippen molar-refractivity contribution in [3.63, 3.8) is 0 Å². The second kappa shape index (κ2) is 5.35. The van der Waals surface area contributed by atoms with Gasteiger partial charge in [0.2, 0.25) is 0 Å². The molecule has 5 nitrogen and oxygen atoms in total. The van der Waals surface area contributed by atoms with Gasteiger partial charge in [-0.1, -0.05) is 23.7 Å². The van der Waals surface area contributed by atoms with Crippen LogP contribution in [0.2, 0.25) is 5.02 Å². The molecule has 0 aliphatic carbocycles. The van der Waals surface area contributed by atoms with E-state index in [4.69, 9.17) is 16.7 Å². The molecule has 0 spiro atoms.